The van der Waals surface area contributed by atoms with Crippen molar-refractivity contribution in [3.05, 3.63) is 53.3 Å². The molecule has 0 aliphatic rings. The number of nitrogens with zero attached hydrogens (tertiary/aromatic N) is 1. The number of para-hydroxylation sites is 1. The Morgan fingerprint density at radius 2 is 1.95 bits per heavy atom. The van der Waals surface area contributed by atoms with Crippen LogP contribution in [0.5, 0.6) is 11.5 Å². The van der Waals surface area contributed by atoms with Gasteiger partial charge in [-0.1, -0.05) is 18.2 Å². The first kappa shape index (κ1) is 15.2. The van der Waals surface area contributed by atoms with E-state index in [0.717, 1.165) is 5.69 Å². The average molecular weight is 294 g/mol. The van der Waals surface area contributed by atoms with Gasteiger partial charge in [0.2, 0.25) is 0 Å². The van der Waals surface area contributed by atoms with Gasteiger partial charge in [0.1, 0.15) is 11.5 Å². The van der Waals surface area contributed by atoms with Crippen LogP contribution >= 0.6 is 0 Å². The van der Waals surface area contributed by atoms with Crippen molar-refractivity contribution < 1.29 is 18.6 Å². The van der Waals surface area contributed by atoms with Gasteiger partial charge in [0.05, 0.1) is 5.69 Å². The number of aromatic hydroxyl groups is 1. The highest BCUT2D eigenvalue weighted by Gasteiger charge is 2.09. The van der Waals surface area contributed by atoms with Crippen LogP contribution in [0.25, 0.3) is 0 Å². The molecule has 0 amide bonds. The number of pyridine rings is 1. The Labute approximate surface area is 121 Å². The largest absolute Gasteiger partial charge is 0.506 e. The van der Waals surface area contributed by atoms with E-state index in [1.54, 1.807) is 30.3 Å². The second kappa shape index (κ2) is 6.99. The van der Waals surface area contributed by atoms with E-state index in [0.29, 0.717) is 24.3 Å². The predicted molar refractivity (Wildman–Crippen MR) is 74.3 cm³/mol. The average Bonchev–Trinajstić information content (AvgIpc) is 2.44. The highest BCUT2D eigenvalue weighted by molar-refractivity contribution is 5.33. The smallest absolute Gasteiger partial charge is 0.387 e. The fourth-order valence-corrected chi connectivity index (χ4v) is 1.91. The van der Waals surface area contributed by atoms with Gasteiger partial charge in [-0.2, -0.15) is 8.78 Å². The fraction of sp³-hybridized carbons (Fsp3) is 0.267. The summed E-state index contributed by atoms with van der Waals surface area (Å²) in [7, 11) is 0. The molecule has 1 aromatic heterocycles. The van der Waals surface area contributed by atoms with E-state index >= 15 is 0 Å². The Balaban J connectivity index is 1.99. The van der Waals surface area contributed by atoms with Gasteiger partial charge >= 0.3 is 6.61 Å². The van der Waals surface area contributed by atoms with Gasteiger partial charge in [-0.25, -0.2) is 0 Å². The van der Waals surface area contributed by atoms with Crippen molar-refractivity contribution in [1.82, 2.24) is 10.3 Å². The first-order chi connectivity index (χ1) is 10.1. The van der Waals surface area contributed by atoms with Crippen LogP contribution in [0.1, 0.15) is 17.0 Å². The highest BCUT2D eigenvalue weighted by Crippen LogP contribution is 2.20. The number of nitrogens with one attached hydrogen (secondary N) is 1. The molecule has 1 heterocycles. The summed E-state index contributed by atoms with van der Waals surface area (Å²) in [6, 6.07) is 9.87. The Kier molecular flexibility index (Phi) is 5.05. The van der Waals surface area contributed by atoms with Crippen LogP contribution in [-0.2, 0) is 13.1 Å². The molecular weight excluding hydrogens is 278 g/mol. The third-order valence-electron chi connectivity index (χ3n) is 2.89. The Morgan fingerprint density at radius 1 is 1.19 bits per heavy atom. The third kappa shape index (κ3) is 4.39. The molecule has 1 aromatic carbocycles. The minimum atomic E-state index is -2.85. The molecule has 2 rings (SSSR count). The molecular formula is C15H16F2N2O2. The second-order valence-corrected chi connectivity index (χ2v) is 4.51. The van der Waals surface area contributed by atoms with Crippen LogP contribution < -0.4 is 10.1 Å². The van der Waals surface area contributed by atoms with Crippen molar-refractivity contribution in [2.75, 3.05) is 0 Å². The zero-order chi connectivity index (χ0) is 15.2. The maximum atomic E-state index is 12.3. The molecule has 0 atom stereocenters. The van der Waals surface area contributed by atoms with Crippen LogP contribution in [0, 0.1) is 6.92 Å². The van der Waals surface area contributed by atoms with Gasteiger partial charge in [-0.05, 0) is 25.1 Å². The molecule has 0 unspecified atom stereocenters. The Bertz CT molecular complexity index is 606. The molecule has 2 aromatic rings. The molecule has 0 radical (unpaired) electrons. The van der Waals surface area contributed by atoms with Crippen molar-refractivity contribution in [1.29, 1.82) is 0 Å². The minimum absolute atomic E-state index is 0.102. The maximum Gasteiger partial charge on any atom is 0.387 e. The minimum Gasteiger partial charge on any atom is -0.506 e. The molecule has 0 saturated heterocycles. The standard InChI is InChI=1S/C15H16F2N2O2/c1-10-6-7-13(20)12(19-10)9-18-8-11-4-2-3-5-14(11)21-15(16)17/h2-7,15,18,20H,8-9H2,1H3. The summed E-state index contributed by atoms with van der Waals surface area (Å²) >= 11 is 0. The number of ether oxygens (including phenoxy) is 1. The van der Waals surface area contributed by atoms with E-state index in [9.17, 15) is 13.9 Å². The van der Waals surface area contributed by atoms with Crippen molar-refractivity contribution in [2.24, 2.45) is 0 Å². The lowest BCUT2D eigenvalue weighted by molar-refractivity contribution is -0.0505. The normalized spacial score (nSPS) is 10.9. The molecule has 0 saturated carbocycles. The van der Waals surface area contributed by atoms with E-state index in [2.05, 4.69) is 15.0 Å². The number of aryl methyl sites for hydroxylation is 1. The summed E-state index contributed by atoms with van der Waals surface area (Å²) in [6.45, 7) is -0.364. The number of halogens is 2. The molecule has 0 aliphatic carbocycles. The number of hydrogen-bond acceptors (Lipinski definition) is 4. The van der Waals surface area contributed by atoms with Crippen LogP contribution in [-0.4, -0.2) is 16.7 Å². The number of alkyl halides is 2. The first-order valence-corrected chi connectivity index (χ1v) is 6.45. The number of hydrogen-bond donors (Lipinski definition) is 2. The van der Waals surface area contributed by atoms with Gasteiger partial charge in [0.25, 0.3) is 0 Å². The lowest BCUT2D eigenvalue weighted by Crippen LogP contribution is -2.15. The molecule has 112 valence electrons. The summed E-state index contributed by atoms with van der Waals surface area (Å²) in [5, 5.41) is 12.7. The van der Waals surface area contributed by atoms with Crippen molar-refractivity contribution in [3.8, 4) is 11.5 Å². The van der Waals surface area contributed by atoms with Gasteiger partial charge in [0, 0.05) is 24.3 Å². The number of benzene rings is 1. The maximum absolute atomic E-state index is 12.3. The number of rotatable bonds is 6. The number of aromatic nitrogens is 1. The molecule has 2 N–H and O–H groups in total. The van der Waals surface area contributed by atoms with Gasteiger partial charge in [0.15, 0.2) is 0 Å². The molecule has 0 bridgehead atoms. The van der Waals surface area contributed by atoms with E-state index in [1.807, 2.05) is 6.92 Å². The van der Waals surface area contributed by atoms with Crippen LogP contribution in [0.4, 0.5) is 8.78 Å². The Hall–Kier alpha value is -2.21. The van der Waals surface area contributed by atoms with Crippen molar-refractivity contribution in [2.45, 2.75) is 26.6 Å². The summed E-state index contributed by atoms with van der Waals surface area (Å²) < 4.78 is 29.1. The molecule has 6 heteroatoms. The summed E-state index contributed by atoms with van der Waals surface area (Å²) in [5.74, 6) is 0.242. The zero-order valence-corrected chi connectivity index (χ0v) is 11.5. The van der Waals surface area contributed by atoms with Crippen LogP contribution in [0.3, 0.4) is 0 Å². The monoisotopic (exact) mass is 294 g/mol. The van der Waals surface area contributed by atoms with E-state index in [1.165, 1.54) is 6.07 Å². The predicted octanol–water partition coefficient (Wildman–Crippen LogP) is 2.99. The zero-order valence-electron chi connectivity index (χ0n) is 11.5. The Morgan fingerprint density at radius 3 is 2.71 bits per heavy atom. The van der Waals surface area contributed by atoms with Crippen molar-refractivity contribution in [3.63, 3.8) is 0 Å². The van der Waals surface area contributed by atoms with E-state index in [-0.39, 0.29) is 11.5 Å². The van der Waals surface area contributed by atoms with Gasteiger partial charge in [-0.15, -0.1) is 0 Å². The molecule has 0 spiro atoms. The molecule has 0 aliphatic heterocycles. The molecule has 4 nitrogen and oxygen atoms in total. The molecule has 21 heavy (non-hydrogen) atoms. The van der Waals surface area contributed by atoms with Crippen LogP contribution in [0.2, 0.25) is 0 Å². The summed E-state index contributed by atoms with van der Waals surface area (Å²) in [4.78, 5) is 4.21. The van der Waals surface area contributed by atoms with Gasteiger partial charge in [-0.3, -0.25) is 4.98 Å². The third-order valence-corrected chi connectivity index (χ3v) is 2.89. The van der Waals surface area contributed by atoms with E-state index < -0.39 is 6.61 Å². The summed E-state index contributed by atoms with van der Waals surface area (Å²) in [5.41, 5.74) is 1.93. The lowest BCUT2D eigenvalue weighted by Gasteiger charge is -2.11. The van der Waals surface area contributed by atoms with Gasteiger partial charge < -0.3 is 15.2 Å². The SMILES string of the molecule is Cc1ccc(O)c(CNCc2ccccc2OC(F)F)n1. The van der Waals surface area contributed by atoms with Crippen molar-refractivity contribution >= 4 is 0 Å². The summed E-state index contributed by atoms with van der Waals surface area (Å²) in [6.07, 6.45) is 0. The highest BCUT2D eigenvalue weighted by atomic mass is 19.3. The second-order valence-electron chi connectivity index (χ2n) is 4.51. The fourth-order valence-electron chi connectivity index (χ4n) is 1.91. The van der Waals surface area contributed by atoms with E-state index in [4.69, 9.17) is 0 Å². The molecule has 0 fully saturated rings. The quantitative estimate of drug-likeness (QED) is 0.860. The topological polar surface area (TPSA) is 54.4 Å². The first-order valence-electron chi connectivity index (χ1n) is 6.45. The lowest BCUT2D eigenvalue weighted by atomic mass is 10.2. The van der Waals surface area contributed by atoms with Crippen LogP contribution in [0.15, 0.2) is 36.4 Å².